The zero-order valence-corrected chi connectivity index (χ0v) is 16.8. The number of hydrogen-bond donors (Lipinski definition) is 2. The van der Waals surface area contributed by atoms with Crippen molar-refractivity contribution in [2.24, 2.45) is 5.10 Å². The number of benzene rings is 1. The Morgan fingerprint density at radius 3 is 2.69 bits per heavy atom. The van der Waals surface area contributed by atoms with E-state index < -0.39 is 6.10 Å². The van der Waals surface area contributed by atoms with Gasteiger partial charge in [0.2, 0.25) is 0 Å². The quantitative estimate of drug-likeness (QED) is 0.432. The molecule has 1 aromatic carbocycles. The molecule has 0 unspecified atom stereocenters. The van der Waals surface area contributed by atoms with Crippen LogP contribution in [0.1, 0.15) is 29.8 Å². The SMILES string of the molecule is CCN(CC)C[C@@H](O)Cn1cc(C=NNC(=O)c2ccncc2)c2ccccc21. The van der Waals surface area contributed by atoms with Crippen molar-refractivity contribution in [2.75, 3.05) is 19.6 Å². The lowest BCUT2D eigenvalue weighted by Gasteiger charge is -2.22. The van der Waals surface area contributed by atoms with Crippen molar-refractivity contribution in [1.82, 2.24) is 19.9 Å². The predicted molar refractivity (Wildman–Crippen MR) is 115 cm³/mol. The molecule has 0 saturated heterocycles. The second-order valence-electron chi connectivity index (χ2n) is 6.83. The number of carbonyl (C=O) groups is 1. The molecule has 0 fully saturated rings. The number of nitrogens with one attached hydrogen (secondary N) is 1. The first-order chi connectivity index (χ1) is 14.1. The van der Waals surface area contributed by atoms with Gasteiger partial charge in [0.05, 0.1) is 12.3 Å². The Morgan fingerprint density at radius 1 is 1.24 bits per heavy atom. The first-order valence-electron chi connectivity index (χ1n) is 9.84. The van der Waals surface area contributed by atoms with Gasteiger partial charge in [-0.3, -0.25) is 9.78 Å². The van der Waals surface area contributed by atoms with E-state index >= 15 is 0 Å². The minimum absolute atomic E-state index is 0.290. The molecule has 29 heavy (non-hydrogen) atoms. The third kappa shape index (κ3) is 5.28. The lowest BCUT2D eigenvalue weighted by atomic mass is 10.2. The highest BCUT2D eigenvalue weighted by molar-refractivity contribution is 6.00. The van der Waals surface area contributed by atoms with Crippen LogP contribution in [0.4, 0.5) is 0 Å². The maximum absolute atomic E-state index is 12.1. The Morgan fingerprint density at radius 2 is 1.97 bits per heavy atom. The third-order valence-electron chi connectivity index (χ3n) is 4.90. The first kappa shape index (κ1) is 20.7. The van der Waals surface area contributed by atoms with E-state index in [2.05, 4.69) is 34.3 Å². The Hall–Kier alpha value is -3.03. The summed E-state index contributed by atoms with van der Waals surface area (Å²) in [4.78, 5) is 18.2. The van der Waals surface area contributed by atoms with E-state index in [-0.39, 0.29) is 5.91 Å². The van der Waals surface area contributed by atoms with E-state index in [1.165, 1.54) is 0 Å². The molecule has 0 saturated carbocycles. The molecule has 2 aromatic heterocycles. The average molecular weight is 393 g/mol. The fraction of sp³-hybridized carbons (Fsp3) is 0.318. The van der Waals surface area contributed by atoms with Gasteiger partial charge < -0.3 is 14.6 Å². The molecule has 0 aliphatic carbocycles. The molecule has 2 heterocycles. The van der Waals surface area contributed by atoms with E-state index in [1.54, 1.807) is 30.7 Å². The number of hydrogen-bond acceptors (Lipinski definition) is 5. The Bertz CT molecular complexity index is 964. The minimum atomic E-state index is -0.470. The van der Waals surface area contributed by atoms with Crippen LogP contribution in [0, 0.1) is 0 Å². The number of fused-ring (bicyclic) bond motifs is 1. The van der Waals surface area contributed by atoms with Gasteiger partial charge in [0.15, 0.2) is 0 Å². The van der Waals surface area contributed by atoms with Crippen molar-refractivity contribution >= 4 is 23.0 Å². The molecule has 0 bridgehead atoms. The van der Waals surface area contributed by atoms with E-state index in [1.807, 2.05) is 35.0 Å². The van der Waals surface area contributed by atoms with Crippen molar-refractivity contribution in [3.8, 4) is 0 Å². The van der Waals surface area contributed by atoms with Crippen LogP contribution in [-0.2, 0) is 6.54 Å². The topological polar surface area (TPSA) is 82.8 Å². The van der Waals surface area contributed by atoms with E-state index in [0.717, 1.165) is 29.6 Å². The zero-order chi connectivity index (χ0) is 20.6. The average Bonchev–Trinajstić information content (AvgIpc) is 3.10. The first-order valence-corrected chi connectivity index (χ1v) is 9.84. The van der Waals surface area contributed by atoms with Gasteiger partial charge in [-0.15, -0.1) is 0 Å². The number of para-hydroxylation sites is 1. The molecule has 1 atom stereocenters. The summed E-state index contributed by atoms with van der Waals surface area (Å²) in [6.45, 7) is 7.13. The summed E-state index contributed by atoms with van der Waals surface area (Å²) in [5, 5.41) is 15.6. The standard InChI is InChI=1S/C22H27N5O2/c1-3-26(4-2)15-19(28)16-27-14-18(20-7-5-6-8-21(20)27)13-24-25-22(29)17-9-11-23-12-10-17/h5-14,19,28H,3-4,15-16H2,1-2H3,(H,25,29)/t19-/m1/s1. The normalized spacial score (nSPS) is 12.7. The molecule has 2 N–H and O–H groups in total. The summed E-state index contributed by atoms with van der Waals surface area (Å²) >= 11 is 0. The van der Waals surface area contributed by atoms with Gasteiger partial charge in [-0.1, -0.05) is 32.0 Å². The van der Waals surface area contributed by atoms with Crippen molar-refractivity contribution in [3.63, 3.8) is 0 Å². The summed E-state index contributed by atoms with van der Waals surface area (Å²) in [6.07, 6.45) is 6.25. The summed E-state index contributed by atoms with van der Waals surface area (Å²) in [6, 6.07) is 11.2. The third-order valence-corrected chi connectivity index (χ3v) is 4.90. The Balaban J connectivity index is 1.74. The summed E-state index contributed by atoms with van der Waals surface area (Å²) < 4.78 is 2.04. The van der Waals surface area contributed by atoms with E-state index in [9.17, 15) is 9.90 Å². The number of aromatic nitrogens is 2. The number of likely N-dealkylation sites (N-methyl/N-ethyl adjacent to an activating group) is 1. The van der Waals surface area contributed by atoms with Crippen LogP contribution in [0.2, 0.25) is 0 Å². The van der Waals surface area contributed by atoms with Crippen LogP contribution < -0.4 is 5.43 Å². The largest absolute Gasteiger partial charge is 0.390 e. The minimum Gasteiger partial charge on any atom is -0.390 e. The molecule has 0 aliphatic rings. The molecule has 7 nitrogen and oxygen atoms in total. The van der Waals surface area contributed by atoms with Crippen molar-refractivity contribution in [2.45, 2.75) is 26.5 Å². The van der Waals surface area contributed by atoms with Crippen LogP contribution >= 0.6 is 0 Å². The Labute approximate surface area is 170 Å². The lowest BCUT2D eigenvalue weighted by molar-refractivity contribution is 0.0955. The maximum atomic E-state index is 12.1. The van der Waals surface area contributed by atoms with Crippen LogP contribution in [-0.4, -0.2) is 57.4 Å². The van der Waals surface area contributed by atoms with Crippen LogP contribution in [0.3, 0.4) is 0 Å². The second-order valence-corrected chi connectivity index (χ2v) is 6.83. The maximum Gasteiger partial charge on any atom is 0.271 e. The van der Waals surface area contributed by atoms with Crippen molar-refractivity contribution in [3.05, 3.63) is 66.1 Å². The second kappa shape index (κ2) is 9.95. The fourth-order valence-electron chi connectivity index (χ4n) is 3.32. The number of amides is 1. The van der Waals surface area contributed by atoms with Gasteiger partial charge in [0, 0.05) is 53.7 Å². The number of aliphatic hydroxyl groups excluding tert-OH is 1. The Kier molecular flexibility index (Phi) is 7.10. The summed E-state index contributed by atoms with van der Waals surface area (Å²) in [5.74, 6) is -0.290. The number of rotatable bonds is 9. The molecule has 1 amide bonds. The monoisotopic (exact) mass is 393 g/mol. The number of hydrazone groups is 1. The highest BCUT2D eigenvalue weighted by Crippen LogP contribution is 2.20. The van der Waals surface area contributed by atoms with Crippen molar-refractivity contribution in [1.29, 1.82) is 0 Å². The van der Waals surface area contributed by atoms with Crippen LogP contribution in [0.5, 0.6) is 0 Å². The number of aliphatic hydroxyl groups is 1. The number of pyridine rings is 1. The van der Waals surface area contributed by atoms with Gasteiger partial charge >= 0.3 is 0 Å². The van der Waals surface area contributed by atoms with E-state index in [0.29, 0.717) is 18.7 Å². The highest BCUT2D eigenvalue weighted by atomic mass is 16.3. The molecular formula is C22H27N5O2. The van der Waals surface area contributed by atoms with Gasteiger partial charge in [-0.2, -0.15) is 5.10 Å². The molecule has 0 aliphatic heterocycles. The summed E-state index contributed by atoms with van der Waals surface area (Å²) in [7, 11) is 0. The van der Waals surface area contributed by atoms with Crippen LogP contribution in [0.25, 0.3) is 10.9 Å². The fourth-order valence-corrected chi connectivity index (χ4v) is 3.32. The zero-order valence-electron chi connectivity index (χ0n) is 16.8. The number of carbonyl (C=O) groups excluding carboxylic acids is 1. The van der Waals surface area contributed by atoms with E-state index in [4.69, 9.17) is 0 Å². The van der Waals surface area contributed by atoms with Gasteiger partial charge in [0.25, 0.3) is 5.91 Å². The molecule has 152 valence electrons. The summed E-state index contributed by atoms with van der Waals surface area (Å²) in [5.41, 5.74) is 4.94. The predicted octanol–water partition coefficient (Wildman–Crippen LogP) is 2.50. The van der Waals surface area contributed by atoms with Gasteiger partial charge in [0.1, 0.15) is 0 Å². The highest BCUT2D eigenvalue weighted by Gasteiger charge is 2.13. The van der Waals surface area contributed by atoms with Crippen LogP contribution in [0.15, 0.2) is 60.1 Å². The van der Waals surface area contributed by atoms with Crippen molar-refractivity contribution < 1.29 is 9.90 Å². The lowest BCUT2D eigenvalue weighted by Crippen LogP contribution is -2.34. The molecule has 0 spiro atoms. The number of nitrogens with zero attached hydrogens (tertiary/aromatic N) is 4. The molecule has 0 radical (unpaired) electrons. The smallest absolute Gasteiger partial charge is 0.271 e. The molecule has 3 aromatic rings. The molecule has 7 heteroatoms. The molecule has 3 rings (SSSR count). The van der Waals surface area contributed by atoms with Gasteiger partial charge in [-0.25, -0.2) is 5.43 Å². The molecular weight excluding hydrogens is 366 g/mol. The van der Waals surface area contributed by atoms with Gasteiger partial charge in [-0.05, 0) is 31.3 Å².